The van der Waals surface area contributed by atoms with Gasteiger partial charge >= 0.3 is 12.2 Å². The Bertz CT molecular complexity index is 899. The van der Waals surface area contributed by atoms with E-state index < -0.39 is 23.3 Å². The van der Waals surface area contributed by atoms with Crippen molar-refractivity contribution in [3.8, 4) is 0 Å². The topological polar surface area (TPSA) is 85.8 Å². The number of rotatable bonds is 3. The summed E-state index contributed by atoms with van der Waals surface area (Å²) >= 11 is 0. The molecule has 3 aliphatic rings. The fourth-order valence-electron chi connectivity index (χ4n) is 4.80. The first-order valence-corrected chi connectivity index (χ1v) is 10.8. The minimum absolute atomic E-state index is 0.0209. The van der Waals surface area contributed by atoms with E-state index in [9.17, 15) is 27.6 Å². The van der Waals surface area contributed by atoms with Gasteiger partial charge in [0.2, 0.25) is 5.91 Å². The number of carbonyl (C=O) groups excluding carboxylic acids is 3. The van der Waals surface area contributed by atoms with Crippen molar-refractivity contribution in [2.24, 2.45) is 5.92 Å². The molecule has 1 saturated carbocycles. The zero-order valence-electron chi connectivity index (χ0n) is 17.8. The number of urea groups is 1. The molecule has 4 rings (SSSR count). The van der Waals surface area contributed by atoms with Gasteiger partial charge in [0.25, 0.3) is 5.91 Å². The second-order valence-electron chi connectivity index (χ2n) is 8.71. The Balaban J connectivity index is 1.34. The number of amides is 4. The number of aromatic nitrogens is 1. The van der Waals surface area contributed by atoms with Gasteiger partial charge in [-0.15, -0.1) is 0 Å². The van der Waals surface area contributed by atoms with E-state index in [-0.39, 0.29) is 24.3 Å². The zero-order valence-corrected chi connectivity index (χ0v) is 17.8. The Morgan fingerprint density at radius 3 is 2.50 bits per heavy atom. The third-order valence-electron chi connectivity index (χ3n) is 6.83. The van der Waals surface area contributed by atoms with E-state index >= 15 is 0 Å². The fraction of sp³-hybridized carbons (Fsp3) is 0.619. The van der Waals surface area contributed by atoms with Crippen LogP contribution in [0.3, 0.4) is 0 Å². The first-order valence-electron chi connectivity index (χ1n) is 10.8. The van der Waals surface area contributed by atoms with Crippen molar-refractivity contribution in [1.82, 2.24) is 20.1 Å². The molecule has 1 aromatic rings. The van der Waals surface area contributed by atoms with Crippen molar-refractivity contribution in [1.29, 1.82) is 0 Å². The van der Waals surface area contributed by atoms with Crippen molar-refractivity contribution in [2.45, 2.75) is 44.3 Å². The van der Waals surface area contributed by atoms with Crippen LogP contribution < -0.4 is 10.2 Å². The number of nitrogens with zero attached hydrogens (tertiary/aromatic N) is 4. The van der Waals surface area contributed by atoms with Crippen LogP contribution in [0.4, 0.5) is 23.8 Å². The molecule has 3 heterocycles. The lowest BCUT2D eigenvalue weighted by Gasteiger charge is -2.37. The summed E-state index contributed by atoms with van der Waals surface area (Å²) in [5.74, 6) is -0.218. The Kier molecular flexibility index (Phi) is 5.76. The third-order valence-corrected chi connectivity index (χ3v) is 6.83. The largest absolute Gasteiger partial charge is 0.417 e. The van der Waals surface area contributed by atoms with Crippen LogP contribution in [0, 0.1) is 5.92 Å². The van der Waals surface area contributed by atoms with Crippen LogP contribution in [-0.2, 0) is 15.8 Å². The predicted octanol–water partition coefficient (Wildman–Crippen LogP) is 2.25. The highest BCUT2D eigenvalue weighted by molar-refractivity contribution is 6.09. The molecule has 1 aromatic heterocycles. The van der Waals surface area contributed by atoms with E-state index in [0.717, 1.165) is 36.4 Å². The van der Waals surface area contributed by atoms with Gasteiger partial charge in [0.15, 0.2) is 0 Å². The highest BCUT2D eigenvalue weighted by Crippen LogP contribution is 2.38. The van der Waals surface area contributed by atoms with E-state index in [0.29, 0.717) is 38.4 Å². The molecule has 0 unspecified atom stereocenters. The molecule has 2 atom stereocenters. The SMILES string of the molecule is C[C@@H]1CCCC[C@]12NC(=O)N(CC(=O)N1CCN(c3ccc(C(F)(F)F)cn3)CC1)C2=O. The first kappa shape index (κ1) is 22.3. The molecule has 1 aliphatic carbocycles. The maximum atomic E-state index is 13.0. The molecule has 8 nitrogen and oxygen atoms in total. The van der Waals surface area contributed by atoms with E-state index in [2.05, 4.69) is 10.3 Å². The molecule has 1 N–H and O–H groups in total. The van der Waals surface area contributed by atoms with E-state index in [1.807, 2.05) is 6.92 Å². The number of imide groups is 1. The lowest BCUT2D eigenvalue weighted by atomic mass is 9.73. The highest BCUT2D eigenvalue weighted by atomic mass is 19.4. The molecule has 174 valence electrons. The zero-order chi connectivity index (χ0) is 23.1. The Hall–Kier alpha value is -2.85. The average molecular weight is 453 g/mol. The number of piperazine rings is 1. The summed E-state index contributed by atoms with van der Waals surface area (Å²) < 4.78 is 38.1. The van der Waals surface area contributed by atoms with Gasteiger partial charge < -0.3 is 15.1 Å². The molecule has 0 bridgehead atoms. The van der Waals surface area contributed by atoms with Crippen molar-refractivity contribution in [3.63, 3.8) is 0 Å². The van der Waals surface area contributed by atoms with Gasteiger partial charge in [-0.05, 0) is 30.9 Å². The standard InChI is InChI=1S/C21H26F3N5O3/c1-14-4-2-3-7-20(14)18(31)29(19(32)26-20)13-17(30)28-10-8-27(9-11-28)16-6-5-15(12-25-16)21(22,23)24/h5-6,12,14H,2-4,7-11,13H2,1H3,(H,26,32)/t14-,20+/m1/s1. The molecule has 3 fully saturated rings. The summed E-state index contributed by atoms with van der Waals surface area (Å²) in [6.07, 6.45) is -0.326. The van der Waals surface area contributed by atoms with Gasteiger partial charge in [0, 0.05) is 32.4 Å². The Morgan fingerprint density at radius 1 is 1.19 bits per heavy atom. The maximum absolute atomic E-state index is 13.0. The lowest BCUT2D eigenvalue weighted by molar-refractivity contribution is -0.140. The summed E-state index contributed by atoms with van der Waals surface area (Å²) in [6.45, 7) is 3.09. The van der Waals surface area contributed by atoms with Crippen molar-refractivity contribution < 1.29 is 27.6 Å². The van der Waals surface area contributed by atoms with Gasteiger partial charge in [-0.3, -0.25) is 14.5 Å². The maximum Gasteiger partial charge on any atom is 0.417 e. The smallest absolute Gasteiger partial charge is 0.353 e. The van der Waals surface area contributed by atoms with Crippen LogP contribution in [0.5, 0.6) is 0 Å². The van der Waals surface area contributed by atoms with E-state index in [1.165, 1.54) is 6.07 Å². The minimum atomic E-state index is -4.44. The van der Waals surface area contributed by atoms with Gasteiger partial charge in [0.05, 0.1) is 5.56 Å². The molecule has 0 aromatic carbocycles. The number of carbonyl (C=O) groups is 3. The van der Waals surface area contributed by atoms with Crippen LogP contribution in [0.15, 0.2) is 18.3 Å². The summed E-state index contributed by atoms with van der Waals surface area (Å²) in [4.78, 5) is 46.6. The van der Waals surface area contributed by atoms with Crippen LogP contribution in [0.2, 0.25) is 0 Å². The second-order valence-corrected chi connectivity index (χ2v) is 8.71. The molecule has 32 heavy (non-hydrogen) atoms. The molecule has 2 saturated heterocycles. The third kappa shape index (κ3) is 4.00. The molecule has 2 aliphatic heterocycles. The number of hydrogen-bond donors (Lipinski definition) is 1. The fourth-order valence-corrected chi connectivity index (χ4v) is 4.80. The minimum Gasteiger partial charge on any atom is -0.353 e. The average Bonchev–Trinajstić information content (AvgIpc) is 3.00. The van der Waals surface area contributed by atoms with Crippen LogP contribution in [0.1, 0.15) is 38.2 Å². The number of pyridine rings is 1. The summed E-state index contributed by atoms with van der Waals surface area (Å²) in [7, 11) is 0. The van der Waals surface area contributed by atoms with Gasteiger partial charge in [0.1, 0.15) is 17.9 Å². The second kappa shape index (κ2) is 8.25. The molecule has 11 heteroatoms. The molecule has 4 amide bonds. The monoisotopic (exact) mass is 453 g/mol. The van der Waals surface area contributed by atoms with E-state index in [4.69, 9.17) is 0 Å². The van der Waals surface area contributed by atoms with E-state index in [1.54, 1.807) is 9.80 Å². The predicted molar refractivity (Wildman–Crippen MR) is 109 cm³/mol. The van der Waals surface area contributed by atoms with Crippen LogP contribution in [0.25, 0.3) is 0 Å². The number of hydrogen-bond acceptors (Lipinski definition) is 5. The number of anilines is 1. The Morgan fingerprint density at radius 2 is 1.91 bits per heavy atom. The molecular weight excluding hydrogens is 427 g/mol. The normalized spacial score (nSPS) is 26.6. The molecule has 1 spiro atoms. The van der Waals surface area contributed by atoms with Crippen molar-refractivity contribution in [3.05, 3.63) is 23.9 Å². The quantitative estimate of drug-likeness (QED) is 0.710. The van der Waals surface area contributed by atoms with Crippen LogP contribution in [-0.4, -0.2) is 70.9 Å². The van der Waals surface area contributed by atoms with Crippen molar-refractivity contribution in [2.75, 3.05) is 37.6 Å². The Labute approximate surface area is 183 Å². The number of halogens is 3. The highest BCUT2D eigenvalue weighted by Gasteiger charge is 2.55. The number of alkyl halides is 3. The molecule has 0 radical (unpaired) electrons. The first-order chi connectivity index (χ1) is 15.1. The summed E-state index contributed by atoms with van der Waals surface area (Å²) in [5, 5.41) is 2.84. The number of nitrogens with one attached hydrogen (secondary N) is 1. The summed E-state index contributed by atoms with van der Waals surface area (Å²) in [6, 6.07) is 1.78. The molecular formula is C21H26F3N5O3. The van der Waals surface area contributed by atoms with Gasteiger partial charge in [-0.25, -0.2) is 9.78 Å². The van der Waals surface area contributed by atoms with Gasteiger partial charge in [-0.1, -0.05) is 19.8 Å². The van der Waals surface area contributed by atoms with Crippen LogP contribution >= 0.6 is 0 Å². The lowest BCUT2D eigenvalue weighted by Crippen LogP contribution is -2.55. The van der Waals surface area contributed by atoms with Gasteiger partial charge in [-0.2, -0.15) is 13.2 Å². The summed E-state index contributed by atoms with van der Waals surface area (Å²) in [5.41, 5.74) is -1.71. The van der Waals surface area contributed by atoms with Crippen molar-refractivity contribution >= 4 is 23.7 Å².